The van der Waals surface area contributed by atoms with Crippen molar-refractivity contribution < 1.29 is 9.13 Å². The molecular weight excluding hydrogens is 251 g/mol. The number of nitrogens with two attached hydrogens (primary N) is 1. The zero-order chi connectivity index (χ0) is 13.1. The molecule has 1 aliphatic rings. The minimum absolute atomic E-state index is 0.174. The van der Waals surface area contributed by atoms with E-state index in [1.807, 2.05) is 4.90 Å². The summed E-state index contributed by atoms with van der Waals surface area (Å²) in [7, 11) is 0. The Morgan fingerprint density at radius 2 is 2.39 bits per heavy atom. The van der Waals surface area contributed by atoms with Gasteiger partial charge >= 0.3 is 0 Å². The molecule has 0 saturated carbocycles. The topological polar surface area (TPSA) is 38.5 Å². The Balaban J connectivity index is 2.20. The Morgan fingerprint density at radius 3 is 3.00 bits per heavy atom. The molecule has 2 rings (SSSR count). The molecule has 1 saturated heterocycles. The molecule has 0 bridgehead atoms. The van der Waals surface area contributed by atoms with Crippen molar-refractivity contribution in [1.82, 2.24) is 0 Å². The molecule has 98 valence electrons. The van der Waals surface area contributed by atoms with Crippen molar-refractivity contribution >= 4 is 22.9 Å². The molecule has 0 radical (unpaired) electrons. The highest BCUT2D eigenvalue weighted by atomic mass is 32.1. The second-order valence-electron chi connectivity index (χ2n) is 4.38. The second-order valence-corrected chi connectivity index (χ2v) is 4.82. The normalized spacial score (nSPS) is 19.9. The molecule has 1 heterocycles. The first-order chi connectivity index (χ1) is 8.61. The van der Waals surface area contributed by atoms with E-state index in [9.17, 15) is 4.39 Å². The Hall–Kier alpha value is -1.20. The van der Waals surface area contributed by atoms with Crippen molar-refractivity contribution in [3.63, 3.8) is 0 Å². The summed E-state index contributed by atoms with van der Waals surface area (Å²) in [4.78, 5) is 2.23. The Morgan fingerprint density at radius 1 is 1.61 bits per heavy atom. The molecule has 0 spiro atoms. The fraction of sp³-hybridized carbons (Fsp3) is 0.462. The van der Waals surface area contributed by atoms with Gasteiger partial charge in [-0.25, -0.2) is 4.39 Å². The lowest BCUT2D eigenvalue weighted by atomic mass is 10.1. The predicted octanol–water partition coefficient (Wildman–Crippen LogP) is 2.08. The number of morpholine rings is 1. The summed E-state index contributed by atoms with van der Waals surface area (Å²) in [6, 6.07) is 4.90. The van der Waals surface area contributed by atoms with E-state index >= 15 is 0 Å². The van der Waals surface area contributed by atoms with Gasteiger partial charge in [-0.3, -0.25) is 0 Å². The van der Waals surface area contributed by atoms with Gasteiger partial charge in [-0.1, -0.05) is 19.1 Å². The minimum atomic E-state index is -0.281. The van der Waals surface area contributed by atoms with Crippen LogP contribution in [-0.2, 0) is 4.74 Å². The zero-order valence-electron chi connectivity index (χ0n) is 10.4. The van der Waals surface area contributed by atoms with Gasteiger partial charge in [-0.2, -0.15) is 0 Å². The average molecular weight is 268 g/mol. The van der Waals surface area contributed by atoms with Crippen LogP contribution in [-0.4, -0.2) is 30.8 Å². The summed E-state index contributed by atoms with van der Waals surface area (Å²) >= 11 is 4.84. The summed E-state index contributed by atoms with van der Waals surface area (Å²) in [5.74, 6) is -0.281. The van der Waals surface area contributed by atoms with Gasteiger partial charge in [0.1, 0.15) is 10.8 Å². The summed E-state index contributed by atoms with van der Waals surface area (Å²) in [6.45, 7) is 4.13. The molecule has 0 aliphatic carbocycles. The summed E-state index contributed by atoms with van der Waals surface area (Å²) in [5.41, 5.74) is 6.64. The van der Waals surface area contributed by atoms with Gasteiger partial charge in [-0.05, 0) is 24.6 Å². The second kappa shape index (κ2) is 5.63. The van der Waals surface area contributed by atoms with Gasteiger partial charge in [0.15, 0.2) is 0 Å². The molecular formula is C13H17FN2OS. The van der Waals surface area contributed by atoms with Crippen LogP contribution in [0, 0.1) is 5.82 Å². The largest absolute Gasteiger partial charge is 0.389 e. The standard InChI is InChI=1S/C13H17FN2OS/c1-2-10-8-16(5-6-17-10)12-4-3-9(13(15)18)7-11(12)14/h3-4,7,10H,2,5-6,8H2,1H3,(H2,15,18). The molecule has 2 N–H and O–H groups in total. The first-order valence-corrected chi connectivity index (χ1v) is 6.48. The van der Waals surface area contributed by atoms with E-state index in [1.54, 1.807) is 12.1 Å². The molecule has 18 heavy (non-hydrogen) atoms. The third kappa shape index (κ3) is 2.79. The molecule has 1 fully saturated rings. The SMILES string of the molecule is CCC1CN(c2ccc(C(N)=S)cc2F)CCO1. The molecule has 1 unspecified atom stereocenters. The Kier molecular flexibility index (Phi) is 4.14. The van der Waals surface area contributed by atoms with Crippen molar-refractivity contribution in [2.24, 2.45) is 5.73 Å². The van der Waals surface area contributed by atoms with E-state index in [4.69, 9.17) is 22.7 Å². The highest BCUT2D eigenvalue weighted by Gasteiger charge is 2.21. The van der Waals surface area contributed by atoms with E-state index in [0.29, 0.717) is 24.4 Å². The fourth-order valence-electron chi connectivity index (χ4n) is 2.10. The van der Waals surface area contributed by atoms with Crippen LogP contribution < -0.4 is 10.6 Å². The van der Waals surface area contributed by atoms with E-state index in [0.717, 1.165) is 13.0 Å². The highest BCUT2D eigenvalue weighted by Crippen LogP contribution is 2.23. The maximum Gasteiger partial charge on any atom is 0.147 e. The van der Waals surface area contributed by atoms with Crippen LogP contribution in [0.1, 0.15) is 18.9 Å². The summed E-state index contributed by atoms with van der Waals surface area (Å²) in [6.07, 6.45) is 1.11. The van der Waals surface area contributed by atoms with Gasteiger partial charge in [0.2, 0.25) is 0 Å². The van der Waals surface area contributed by atoms with Crippen LogP contribution in [0.25, 0.3) is 0 Å². The van der Waals surface area contributed by atoms with Crippen molar-refractivity contribution in [3.05, 3.63) is 29.6 Å². The van der Waals surface area contributed by atoms with Gasteiger partial charge < -0.3 is 15.4 Å². The van der Waals surface area contributed by atoms with E-state index < -0.39 is 0 Å². The number of nitrogens with zero attached hydrogens (tertiary/aromatic N) is 1. The van der Waals surface area contributed by atoms with Crippen LogP contribution in [0.3, 0.4) is 0 Å². The first-order valence-electron chi connectivity index (χ1n) is 6.07. The number of anilines is 1. The van der Waals surface area contributed by atoms with Gasteiger partial charge in [0, 0.05) is 18.7 Å². The predicted molar refractivity (Wildman–Crippen MR) is 74.5 cm³/mol. The van der Waals surface area contributed by atoms with E-state index in [1.165, 1.54) is 6.07 Å². The van der Waals surface area contributed by atoms with Crippen LogP contribution in [0.4, 0.5) is 10.1 Å². The monoisotopic (exact) mass is 268 g/mol. The Bertz CT molecular complexity index is 453. The first kappa shape index (κ1) is 13.2. The van der Waals surface area contributed by atoms with Gasteiger partial charge in [0.05, 0.1) is 18.4 Å². The summed E-state index contributed by atoms with van der Waals surface area (Å²) in [5, 5.41) is 0. The van der Waals surface area contributed by atoms with Crippen molar-refractivity contribution in [1.29, 1.82) is 0 Å². The van der Waals surface area contributed by atoms with Crippen molar-refractivity contribution in [3.8, 4) is 0 Å². The van der Waals surface area contributed by atoms with E-state index in [2.05, 4.69) is 6.92 Å². The number of thiocarbonyl (C=S) groups is 1. The molecule has 1 aromatic rings. The Labute approximate surface area is 112 Å². The molecule has 5 heteroatoms. The summed E-state index contributed by atoms with van der Waals surface area (Å²) < 4.78 is 19.6. The average Bonchev–Trinajstić information content (AvgIpc) is 2.38. The third-order valence-corrected chi connectivity index (χ3v) is 3.40. The molecule has 1 aromatic carbocycles. The number of hydrogen-bond acceptors (Lipinski definition) is 3. The van der Waals surface area contributed by atoms with Crippen molar-refractivity contribution in [2.45, 2.75) is 19.4 Å². The maximum absolute atomic E-state index is 14.0. The molecule has 1 atom stereocenters. The van der Waals surface area contributed by atoms with Crippen molar-refractivity contribution in [2.75, 3.05) is 24.6 Å². The smallest absolute Gasteiger partial charge is 0.147 e. The van der Waals surface area contributed by atoms with Gasteiger partial charge in [-0.15, -0.1) is 0 Å². The lowest BCUT2D eigenvalue weighted by Crippen LogP contribution is -2.42. The van der Waals surface area contributed by atoms with Crippen LogP contribution in [0.5, 0.6) is 0 Å². The number of benzene rings is 1. The van der Waals surface area contributed by atoms with E-state index in [-0.39, 0.29) is 16.9 Å². The van der Waals surface area contributed by atoms with Gasteiger partial charge in [0.25, 0.3) is 0 Å². The maximum atomic E-state index is 14.0. The molecule has 3 nitrogen and oxygen atoms in total. The third-order valence-electron chi connectivity index (χ3n) is 3.17. The quantitative estimate of drug-likeness (QED) is 0.852. The lowest BCUT2D eigenvalue weighted by Gasteiger charge is -2.34. The number of halogens is 1. The molecule has 1 aliphatic heterocycles. The number of rotatable bonds is 3. The molecule has 0 amide bonds. The number of ether oxygens (including phenoxy) is 1. The lowest BCUT2D eigenvalue weighted by molar-refractivity contribution is 0.0382. The number of hydrogen-bond donors (Lipinski definition) is 1. The molecule has 0 aromatic heterocycles. The fourth-order valence-corrected chi connectivity index (χ4v) is 2.23. The minimum Gasteiger partial charge on any atom is -0.389 e. The van der Waals surface area contributed by atoms with Crippen LogP contribution >= 0.6 is 12.2 Å². The van der Waals surface area contributed by atoms with Crippen LogP contribution in [0.15, 0.2) is 18.2 Å². The highest BCUT2D eigenvalue weighted by molar-refractivity contribution is 7.80. The zero-order valence-corrected chi connectivity index (χ0v) is 11.2. The van der Waals surface area contributed by atoms with Crippen LogP contribution in [0.2, 0.25) is 0 Å².